The SMILES string of the molecule is COc1ccccc1N1CC[NH2+]CC1.NC(CC(=O)O)C(=O)[O-]. The fraction of sp³-hybridized carbons (Fsp3) is 0.467. The molecule has 1 aromatic rings. The molecule has 5 N–H and O–H groups in total. The third-order valence-electron chi connectivity index (χ3n) is 3.33. The van der Waals surface area contributed by atoms with E-state index in [1.54, 1.807) is 7.11 Å². The van der Waals surface area contributed by atoms with Crippen LogP contribution in [0.15, 0.2) is 24.3 Å². The molecule has 1 heterocycles. The second-order valence-corrected chi connectivity index (χ2v) is 5.05. The molecular weight excluding hydrogens is 302 g/mol. The van der Waals surface area contributed by atoms with Gasteiger partial charge in [-0.05, 0) is 12.1 Å². The first-order valence-electron chi connectivity index (χ1n) is 7.33. The molecule has 1 aliphatic rings. The number of hydrogen-bond acceptors (Lipinski definition) is 6. The summed E-state index contributed by atoms with van der Waals surface area (Å²) in [5.41, 5.74) is 6.00. The van der Waals surface area contributed by atoms with Crippen molar-refractivity contribution in [3.05, 3.63) is 24.3 Å². The van der Waals surface area contributed by atoms with Crippen LogP contribution < -0.4 is 25.8 Å². The summed E-state index contributed by atoms with van der Waals surface area (Å²) in [6, 6.07) is 6.83. The second-order valence-electron chi connectivity index (χ2n) is 5.05. The minimum Gasteiger partial charge on any atom is -0.548 e. The normalized spacial score (nSPS) is 15.1. The van der Waals surface area contributed by atoms with E-state index in [-0.39, 0.29) is 0 Å². The van der Waals surface area contributed by atoms with Gasteiger partial charge in [-0.15, -0.1) is 0 Å². The fourth-order valence-electron chi connectivity index (χ4n) is 2.15. The molecule has 2 rings (SSSR count). The smallest absolute Gasteiger partial charge is 0.305 e. The maximum atomic E-state index is 9.74. The third kappa shape index (κ3) is 6.54. The quantitative estimate of drug-likeness (QED) is 0.550. The van der Waals surface area contributed by atoms with Gasteiger partial charge >= 0.3 is 5.97 Å². The molecule has 0 spiro atoms. The fourth-order valence-corrected chi connectivity index (χ4v) is 2.15. The number of ether oxygens (including phenoxy) is 1. The van der Waals surface area contributed by atoms with E-state index in [1.807, 2.05) is 12.1 Å². The molecule has 0 aromatic heterocycles. The molecule has 128 valence electrons. The van der Waals surface area contributed by atoms with E-state index in [1.165, 1.54) is 18.8 Å². The first-order chi connectivity index (χ1) is 11.0. The third-order valence-corrected chi connectivity index (χ3v) is 3.33. The average Bonchev–Trinajstić information content (AvgIpc) is 2.55. The van der Waals surface area contributed by atoms with Crippen LogP contribution in [-0.4, -0.2) is 56.4 Å². The molecule has 0 bridgehead atoms. The maximum absolute atomic E-state index is 9.74. The number of carbonyl (C=O) groups excluding carboxylic acids is 1. The monoisotopic (exact) mass is 325 g/mol. The van der Waals surface area contributed by atoms with Crippen molar-refractivity contribution < 1.29 is 29.9 Å². The number of nitrogens with zero attached hydrogens (tertiary/aromatic N) is 1. The van der Waals surface area contributed by atoms with Crippen molar-refractivity contribution in [2.75, 3.05) is 38.2 Å². The largest absolute Gasteiger partial charge is 0.548 e. The lowest BCUT2D eigenvalue weighted by Crippen LogP contribution is -2.89. The summed E-state index contributed by atoms with van der Waals surface area (Å²) in [6.07, 6.45) is -0.595. The van der Waals surface area contributed by atoms with Crippen LogP contribution in [-0.2, 0) is 9.59 Å². The van der Waals surface area contributed by atoms with Crippen molar-refractivity contribution in [1.29, 1.82) is 0 Å². The Morgan fingerprint density at radius 2 is 2.00 bits per heavy atom. The van der Waals surface area contributed by atoms with Crippen molar-refractivity contribution >= 4 is 17.6 Å². The number of benzene rings is 1. The number of carboxylic acids is 2. The topological polar surface area (TPSA) is 133 Å². The molecule has 8 nitrogen and oxygen atoms in total. The molecule has 1 aliphatic heterocycles. The highest BCUT2D eigenvalue weighted by Gasteiger charge is 2.15. The van der Waals surface area contributed by atoms with Gasteiger partial charge in [0.05, 0.1) is 57.4 Å². The Morgan fingerprint density at radius 1 is 1.39 bits per heavy atom. The Labute approximate surface area is 134 Å². The van der Waals surface area contributed by atoms with E-state index < -0.39 is 24.4 Å². The van der Waals surface area contributed by atoms with Crippen LogP contribution in [0.25, 0.3) is 0 Å². The number of methoxy groups -OCH3 is 1. The number of para-hydroxylation sites is 2. The molecule has 0 radical (unpaired) electrons. The van der Waals surface area contributed by atoms with E-state index >= 15 is 0 Å². The summed E-state index contributed by atoms with van der Waals surface area (Å²) in [5, 5.41) is 20.1. The van der Waals surface area contributed by atoms with Gasteiger partial charge in [-0.3, -0.25) is 4.79 Å². The predicted octanol–water partition coefficient (Wildman–Crippen LogP) is -2.38. The van der Waals surface area contributed by atoms with Crippen molar-refractivity contribution in [2.45, 2.75) is 12.5 Å². The number of carbonyl (C=O) groups is 2. The highest BCUT2D eigenvalue weighted by Crippen LogP contribution is 2.27. The van der Waals surface area contributed by atoms with Gasteiger partial charge < -0.3 is 35.7 Å². The number of rotatable bonds is 5. The number of aliphatic carboxylic acids is 2. The Kier molecular flexibility index (Phi) is 7.86. The molecular formula is C15H23N3O5. The van der Waals surface area contributed by atoms with Crippen LogP contribution in [0, 0.1) is 0 Å². The zero-order chi connectivity index (χ0) is 17.2. The lowest BCUT2D eigenvalue weighted by atomic mass is 10.2. The van der Waals surface area contributed by atoms with E-state index in [2.05, 4.69) is 22.3 Å². The lowest BCUT2D eigenvalue weighted by Gasteiger charge is -2.28. The molecule has 1 aromatic carbocycles. The number of nitrogens with two attached hydrogens (primary N) is 2. The molecule has 23 heavy (non-hydrogen) atoms. The van der Waals surface area contributed by atoms with E-state index in [9.17, 15) is 14.7 Å². The van der Waals surface area contributed by atoms with Crippen molar-refractivity contribution in [3.8, 4) is 5.75 Å². The van der Waals surface area contributed by atoms with Crippen molar-refractivity contribution in [1.82, 2.24) is 0 Å². The highest BCUT2D eigenvalue weighted by molar-refractivity contribution is 5.78. The summed E-state index contributed by atoms with van der Waals surface area (Å²) in [4.78, 5) is 21.9. The van der Waals surface area contributed by atoms with Gasteiger partial charge in [-0.25, -0.2) is 0 Å². The van der Waals surface area contributed by atoms with Crippen LogP contribution >= 0.6 is 0 Å². The van der Waals surface area contributed by atoms with E-state index in [0.29, 0.717) is 0 Å². The molecule has 0 aliphatic carbocycles. The summed E-state index contributed by atoms with van der Waals surface area (Å²) < 4.78 is 5.35. The number of hydrogen-bond donors (Lipinski definition) is 3. The summed E-state index contributed by atoms with van der Waals surface area (Å²) >= 11 is 0. The number of piperazine rings is 1. The van der Waals surface area contributed by atoms with Gasteiger partial charge in [0.25, 0.3) is 0 Å². The van der Waals surface area contributed by atoms with Crippen LogP contribution in [0.2, 0.25) is 0 Å². The van der Waals surface area contributed by atoms with Crippen LogP contribution in [0.5, 0.6) is 5.75 Å². The van der Waals surface area contributed by atoms with Crippen LogP contribution in [0.1, 0.15) is 6.42 Å². The van der Waals surface area contributed by atoms with Crippen molar-refractivity contribution in [2.24, 2.45) is 5.73 Å². The first-order valence-corrected chi connectivity index (χ1v) is 7.33. The minimum absolute atomic E-state index is 0.595. The predicted molar refractivity (Wildman–Crippen MR) is 82.1 cm³/mol. The molecule has 1 atom stereocenters. The standard InChI is InChI=1S/C11H16N2O.C4H7NO4/c1-14-11-5-3-2-4-10(11)13-8-6-12-7-9-13;5-2(4(8)9)1-3(6)7/h2-5,12H,6-9H2,1H3;2H,1,5H2,(H,6,7)(H,8,9). The molecule has 1 fully saturated rings. The molecule has 1 unspecified atom stereocenters. The lowest BCUT2D eigenvalue weighted by molar-refractivity contribution is -0.655. The van der Waals surface area contributed by atoms with Crippen molar-refractivity contribution in [3.63, 3.8) is 0 Å². The summed E-state index contributed by atoms with van der Waals surface area (Å²) in [5.74, 6) is -1.81. The van der Waals surface area contributed by atoms with Gasteiger partial charge in [0.1, 0.15) is 5.75 Å². The Bertz CT molecular complexity index is 518. The molecule has 1 saturated heterocycles. The summed E-state index contributed by atoms with van der Waals surface area (Å²) in [7, 11) is 1.73. The number of quaternary nitrogens is 1. The zero-order valence-corrected chi connectivity index (χ0v) is 13.1. The van der Waals surface area contributed by atoms with Gasteiger partial charge in [-0.2, -0.15) is 0 Å². The van der Waals surface area contributed by atoms with Gasteiger partial charge in [0.2, 0.25) is 0 Å². The maximum Gasteiger partial charge on any atom is 0.305 e. The Morgan fingerprint density at radius 3 is 2.48 bits per heavy atom. The van der Waals surface area contributed by atoms with Crippen LogP contribution in [0.4, 0.5) is 5.69 Å². The minimum atomic E-state index is -1.54. The number of anilines is 1. The van der Waals surface area contributed by atoms with Gasteiger partial charge in [0.15, 0.2) is 0 Å². The molecule has 0 amide bonds. The van der Waals surface area contributed by atoms with E-state index in [4.69, 9.17) is 15.6 Å². The van der Waals surface area contributed by atoms with Gasteiger partial charge in [0, 0.05) is 0 Å². The number of carboxylic acid groups (broad SMARTS) is 2. The van der Waals surface area contributed by atoms with E-state index in [0.717, 1.165) is 18.8 Å². The zero-order valence-electron chi connectivity index (χ0n) is 13.1. The second kappa shape index (κ2) is 9.65. The first kappa shape index (κ1) is 18.7. The molecule has 0 saturated carbocycles. The highest BCUT2D eigenvalue weighted by atomic mass is 16.5. The Hall–Kier alpha value is -2.32. The van der Waals surface area contributed by atoms with Gasteiger partial charge in [-0.1, -0.05) is 12.1 Å². The Balaban J connectivity index is 0.000000257. The summed E-state index contributed by atoms with van der Waals surface area (Å²) in [6.45, 7) is 4.58. The molecule has 8 heteroatoms. The van der Waals surface area contributed by atoms with Crippen LogP contribution in [0.3, 0.4) is 0 Å². The average molecular weight is 325 g/mol.